The van der Waals surface area contributed by atoms with Crippen molar-refractivity contribution in [3.05, 3.63) is 0 Å². The molecule has 0 radical (unpaired) electrons. The highest BCUT2D eigenvalue weighted by Gasteiger charge is 2.40. The summed E-state index contributed by atoms with van der Waals surface area (Å²) in [5.74, 6) is 1.06. The van der Waals surface area contributed by atoms with Crippen LogP contribution in [0.4, 0.5) is 0 Å². The molecular formula is C15H28N2O. The second kappa shape index (κ2) is 5.60. The van der Waals surface area contributed by atoms with E-state index in [9.17, 15) is 4.79 Å². The lowest BCUT2D eigenvalue weighted by Crippen LogP contribution is -2.39. The Hall–Kier alpha value is -0.570. The number of carbonyl (C=O) groups excluding carboxylic acids is 1. The molecule has 0 aromatic rings. The molecule has 1 saturated heterocycles. The fraction of sp³-hybridized carbons (Fsp3) is 0.933. The lowest BCUT2D eigenvalue weighted by molar-refractivity contribution is -0.130. The van der Waals surface area contributed by atoms with Crippen LogP contribution in [0.3, 0.4) is 0 Å². The van der Waals surface area contributed by atoms with Gasteiger partial charge in [0.1, 0.15) is 0 Å². The van der Waals surface area contributed by atoms with E-state index in [2.05, 4.69) is 31.0 Å². The quantitative estimate of drug-likeness (QED) is 0.816. The molecule has 0 spiro atoms. The van der Waals surface area contributed by atoms with Crippen molar-refractivity contribution >= 4 is 5.91 Å². The van der Waals surface area contributed by atoms with Gasteiger partial charge in [0.05, 0.1) is 12.7 Å². The van der Waals surface area contributed by atoms with Crippen molar-refractivity contribution in [3.63, 3.8) is 0 Å². The van der Waals surface area contributed by atoms with Gasteiger partial charge in [-0.1, -0.05) is 33.6 Å². The van der Waals surface area contributed by atoms with Gasteiger partial charge in [-0.05, 0) is 37.0 Å². The van der Waals surface area contributed by atoms with Crippen molar-refractivity contribution in [2.75, 3.05) is 13.2 Å². The number of nitrogens with zero attached hydrogens (tertiary/aromatic N) is 1. The Morgan fingerprint density at radius 2 is 2.06 bits per heavy atom. The van der Waals surface area contributed by atoms with Crippen LogP contribution in [0.1, 0.15) is 59.3 Å². The van der Waals surface area contributed by atoms with Gasteiger partial charge in [-0.15, -0.1) is 0 Å². The van der Waals surface area contributed by atoms with Gasteiger partial charge < -0.3 is 4.90 Å². The molecule has 2 aliphatic rings. The Morgan fingerprint density at radius 3 is 2.56 bits per heavy atom. The van der Waals surface area contributed by atoms with E-state index in [1.54, 1.807) is 0 Å². The van der Waals surface area contributed by atoms with Crippen LogP contribution in [0, 0.1) is 11.3 Å². The van der Waals surface area contributed by atoms with Crippen LogP contribution < -0.4 is 5.32 Å². The fourth-order valence-corrected chi connectivity index (χ4v) is 3.88. The molecule has 1 saturated carbocycles. The molecule has 1 aliphatic heterocycles. The van der Waals surface area contributed by atoms with Gasteiger partial charge in [0.25, 0.3) is 0 Å². The zero-order valence-corrected chi connectivity index (χ0v) is 12.2. The first-order valence-electron chi connectivity index (χ1n) is 7.58. The van der Waals surface area contributed by atoms with E-state index in [4.69, 9.17) is 0 Å². The first kappa shape index (κ1) is 13.9. The van der Waals surface area contributed by atoms with Crippen LogP contribution in [0.2, 0.25) is 0 Å². The summed E-state index contributed by atoms with van der Waals surface area (Å²) < 4.78 is 0. The first-order chi connectivity index (χ1) is 8.56. The Morgan fingerprint density at radius 1 is 1.39 bits per heavy atom. The summed E-state index contributed by atoms with van der Waals surface area (Å²) >= 11 is 0. The Kier molecular flexibility index (Phi) is 4.31. The van der Waals surface area contributed by atoms with Crippen molar-refractivity contribution in [3.8, 4) is 0 Å². The molecule has 1 unspecified atom stereocenters. The SMILES string of the molecule is CCC1NCN(CC2(CC(C)C)CCCC2)C1=O. The largest absolute Gasteiger partial charge is 0.328 e. The minimum atomic E-state index is 0.0718. The summed E-state index contributed by atoms with van der Waals surface area (Å²) in [6.07, 6.45) is 7.50. The van der Waals surface area contributed by atoms with E-state index in [0.29, 0.717) is 11.3 Å². The first-order valence-corrected chi connectivity index (χ1v) is 7.58. The maximum Gasteiger partial charge on any atom is 0.240 e. The maximum atomic E-state index is 12.2. The molecule has 0 bridgehead atoms. The third kappa shape index (κ3) is 2.87. The second-order valence-corrected chi connectivity index (χ2v) is 6.66. The van der Waals surface area contributed by atoms with E-state index in [1.807, 2.05) is 0 Å². The summed E-state index contributed by atoms with van der Waals surface area (Å²) in [5.41, 5.74) is 0.411. The van der Waals surface area contributed by atoms with Crippen LogP contribution >= 0.6 is 0 Å². The van der Waals surface area contributed by atoms with E-state index < -0.39 is 0 Å². The highest BCUT2D eigenvalue weighted by Crippen LogP contribution is 2.44. The van der Waals surface area contributed by atoms with Crippen molar-refractivity contribution in [2.24, 2.45) is 11.3 Å². The molecule has 2 fully saturated rings. The van der Waals surface area contributed by atoms with Gasteiger partial charge in [0.15, 0.2) is 0 Å². The predicted octanol–water partition coefficient (Wildman–Crippen LogP) is 2.76. The maximum absolute atomic E-state index is 12.2. The lowest BCUT2D eigenvalue weighted by Gasteiger charge is -2.34. The van der Waals surface area contributed by atoms with Crippen LogP contribution in [-0.4, -0.2) is 30.1 Å². The van der Waals surface area contributed by atoms with E-state index in [-0.39, 0.29) is 6.04 Å². The molecule has 104 valence electrons. The minimum Gasteiger partial charge on any atom is -0.328 e. The van der Waals surface area contributed by atoms with Crippen molar-refractivity contribution < 1.29 is 4.79 Å². The summed E-state index contributed by atoms with van der Waals surface area (Å²) in [5, 5.41) is 3.33. The van der Waals surface area contributed by atoms with Crippen molar-refractivity contribution in [1.82, 2.24) is 10.2 Å². The standard InChI is InChI=1S/C15H28N2O/c1-4-13-14(18)17(11-16-13)10-15(9-12(2)3)7-5-6-8-15/h12-13,16H,4-11H2,1-3H3. The topological polar surface area (TPSA) is 32.3 Å². The molecule has 2 rings (SSSR count). The number of rotatable bonds is 5. The van der Waals surface area contributed by atoms with Crippen LogP contribution in [0.5, 0.6) is 0 Å². The molecule has 0 aromatic carbocycles. The lowest BCUT2D eigenvalue weighted by atomic mass is 9.78. The van der Waals surface area contributed by atoms with Crippen molar-refractivity contribution in [2.45, 2.75) is 65.3 Å². The zero-order chi connectivity index (χ0) is 13.2. The molecule has 1 amide bonds. The summed E-state index contributed by atoms with van der Waals surface area (Å²) in [4.78, 5) is 14.3. The molecule has 3 heteroatoms. The van der Waals surface area contributed by atoms with E-state index >= 15 is 0 Å². The van der Waals surface area contributed by atoms with Crippen LogP contribution in [0.25, 0.3) is 0 Å². The van der Waals surface area contributed by atoms with Gasteiger partial charge in [-0.2, -0.15) is 0 Å². The smallest absolute Gasteiger partial charge is 0.240 e. The molecule has 1 aliphatic carbocycles. The summed E-state index contributed by atoms with van der Waals surface area (Å²) in [7, 11) is 0. The molecule has 1 atom stereocenters. The second-order valence-electron chi connectivity index (χ2n) is 6.66. The Balaban J connectivity index is 1.99. The highest BCUT2D eigenvalue weighted by molar-refractivity contribution is 5.83. The van der Waals surface area contributed by atoms with Crippen LogP contribution in [-0.2, 0) is 4.79 Å². The minimum absolute atomic E-state index is 0.0718. The van der Waals surface area contributed by atoms with Gasteiger partial charge in [-0.3, -0.25) is 10.1 Å². The molecular weight excluding hydrogens is 224 g/mol. The molecule has 3 nitrogen and oxygen atoms in total. The third-order valence-electron chi connectivity index (χ3n) is 4.58. The van der Waals surface area contributed by atoms with Gasteiger partial charge in [0.2, 0.25) is 5.91 Å². The average Bonchev–Trinajstić information content (AvgIpc) is 2.88. The summed E-state index contributed by atoms with van der Waals surface area (Å²) in [6.45, 7) is 8.43. The number of nitrogens with one attached hydrogen (secondary N) is 1. The van der Waals surface area contributed by atoms with Gasteiger partial charge >= 0.3 is 0 Å². The van der Waals surface area contributed by atoms with Crippen molar-refractivity contribution in [1.29, 1.82) is 0 Å². The Labute approximate surface area is 111 Å². The normalized spacial score (nSPS) is 27.4. The van der Waals surface area contributed by atoms with Gasteiger partial charge in [-0.25, -0.2) is 0 Å². The van der Waals surface area contributed by atoms with E-state index in [0.717, 1.165) is 25.6 Å². The van der Waals surface area contributed by atoms with Crippen LogP contribution in [0.15, 0.2) is 0 Å². The number of amides is 1. The third-order valence-corrected chi connectivity index (χ3v) is 4.58. The molecule has 1 N–H and O–H groups in total. The predicted molar refractivity (Wildman–Crippen MR) is 74.2 cm³/mol. The Bertz CT molecular complexity index is 295. The monoisotopic (exact) mass is 252 g/mol. The van der Waals surface area contributed by atoms with E-state index in [1.165, 1.54) is 32.1 Å². The summed E-state index contributed by atoms with van der Waals surface area (Å²) in [6, 6.07) is 0.0718. The fourth-order valence-electron chi connectivity index (χ4n) is 3.88. The van der Waals surface area contributed by atoms with Gasteiger partial charge in [0, 0.05) is 6.54 Å². The average molecular weight is 252 g/mol. The number of hydrogen-bond donors (Lipinski definition) is 1. The molecule has 0 aromatic heterocycles. The molecule has 1 heterocycles. The zero-order valence-electron chi connectivity index (χ0n) is 12.2. The highest BCUT2D eigenvalue weighted by atomic mass is 16.2. The number of carbonyl (C=O) groups is 1. The number of hydrogen-bond acceptors (Lipinski definition) is 2. The molecule has 18 heavy (non-hydrogen) atoms.